The van der Waals surface area contributed by atoms with E-state index in [1.54, 1.807) is 6.20 Å². The Kier molecular flexibility index (Phi) is 4.74. The van der Waals surface area contributed by atoms with Crippen molar-refractivity contribution in [1.29, 1.82) is 0 Å². The average Bonchev–Trinajstić information content (AvgIpc) is 2.46. The Balaban J connectivity index is 1.93. The summed E-state index contributed by atoms with van der Waals surface area (Å²) in [6.07, 6.45) is 4.41. The zero-order valence-corrected chi connectivity index (χ0v) is 11.6. The van der Waals surface area contributed by atoms with Crippen LogP contribution in [0.3, 0.4) is 0 Å². The molecule has 1 atom stereocenters. The van der Waals surface area contributed by atoms with Gasteiger partial charge in [0.1, 0.15) is 11.9 Å². The average molecular weight is 263 g/mol. The summed E-state index contributed by atoms with van der Waals surface area (Å²) in [5.74, 6) is 0.862. The molecule has 0 aliphatic carbocycles. The van der Waals surface area contributed by atoms with Crippen LogP contribution in [-0.4, -0.2) is 37.7 Å². The summed E-state index contributed by atoms with van der Waals surface area (Å²) in [7, 11) is 3.88. The minimum Gasteiger partial charge on any atom is -0.368 e. The highest BCUT2D eigenvalue weighted by atomic mass is 16.5. The smallest absolute Gasteiger partial charge is 0.249 e. The highest BCUT2D eigenvalue weighted by Crippen LogP contribution is 2.15. The molecule has 1 aromatic heterocycles. The molecule has 1 aliphatic rings. The van der Waals surface area contributed by atoms with E-state index in [2.05, 4.69) is 10.3 Å². The predicted molar refractivity (Wildman–Crippen MR) is 74.0 cm³/mol. The van der Waals surface area contributed by atoms with E-state index in [4.69, 9.17) is 4.74 Å². The fourth-order valence-corrected chi connectivity index (χ4v) is 2.21. The second-order valence-electron chi connectivity index (χ2n) is 4.95. The topological polar surface area (TPSA) is 54.5 Å². The summed E-state index contributed by atoms with van der Waals surface area (Å²) in [6.45, 7) is 1.17. The fourth-order valence-electron chi connectivity index (χ4n) is 2.21. The predicted octanol–water partition coefficient (Wildman–Crippen LogP) is 1.33. The van der Waals surface area contributed by atoms with Gasteiger partial charge in [0, 0.05) is 39.0 Å². The third-order valence-corrected chi connectivity index (χ3v) is 3.22. The van der Waals surface area contributed by atoms with E-state index in [1.165, 1.54) is 0 Å². The molecule has 1 aliphatic heterocycles. The Labute approximate surface area is 114 Å². The van der Waals surface area contributed by atoms with Gasteiger partial charge in [0.2, 0.25) is 5.91 Å². The van der Waals surface area contributed by atoms with Gasteiger partial charge in [-0.15, -0.1) is 0 Å². The third-order valence-electron chi connectivity index (χ3n) is 3.22. The van der Waals surface area contributed by atoms with Gasteiger partial charge in [-0.25, -0.2) is 4.98 Å². The van der Waals surface area contributed by atoms with Crippen molar-refractivity contribution in [3.63, 3.8) is 0 Å². The van der Waals surface area contributed by atoms with Gasteiger partial charge in [-0.1, -0.05) is 6.07 Å². The van der Waals surface area contributed by atoms with Crippen molar-refractivity contribution in [2.24, 2.45) is 0 Å². The molecule has 2 heterocycles. The van der Waals surface area contributed by atoms with Crippen LogP contribution < -0.4 is 10.2 Å². The van der Waals surface area contributed by atoms with Crippen LogP contribution in [0.15, 0.2) is 18.3 Å². The SMILES string of the molecule is CN(C)c1ncccc1CNC(=O)[C@@H]1CCCCO1. The number of ether oxygens (including phenoxy) is 1. The van der Waals surface area contributed by atoms with Crippen molar-refractivity contribution < 1.29 is 9.53 Å². The van der Waals surface area contributed by atoms with Crippen LogP contribution in [0.2, 0.25) is 0 Å². The molecule has 19 heavy (non-hydrogen) atoms. The second-order valence-corrected chi connectivity index (χ2v) is 4.95. The van der Waals surface area contributed by atoms with E-state index in [0.29, 0.717) is 13.2 Å². The molecule has 0 bridgehead atoms. The van der Waals surface area contributed by atoms with Crippen molar-refractivity contribution in [3.05, 3.63) is 23.9 Å². The number of anilines is 1. The molecule has 1 fully saturated rings. The molecule has 0 aromatic carbocycles. The molecule has 1 N–H and O–H groups in total. The summed E-state index contributed by atoms with van der Waals surface area (Å²) < 4.78 is 5.47. The van der Waals surface area contributed by atoms with Crippen molar-refractivity contribution >= 4 is 11.7 Å². The minimum absolute atomic E-state index is 0.0201. The monoisotopic (exact) mass is 263 g/mol. The zero-order chi connectivity index (χ0) is 13.7. The van der Waals surface area contributed by atoms with Crippen LogP contribution in [-0.2, 0) is 16.1 Å². The molecule has 5 heteroatoms. The lowest BCUT2D eigenvalue weighted by atomic mass is 10.1. The largest absolute Gasteiger partial charge is 0.368 e. The van der Waals surface area contributed by atoms with Crippen molar-refractivity contribution in [2.75, 3.05) is 25.6 Å². The number of hydrogen-bond donors (Lipinski definition) is 1. The van der Waals surface area contributed by atoms with E-state index >= 15 is 0 Å². The van der Waals surface area contributed by atoms with Gasteiger partial charge < -0.3 is 15.0 Å². The normalized spacial score (nSPS) is 18.9. The van der Waals surface area contributed by atoms with Crippen LogP contribution >= 0.6 is 0 Å². The quantitative estimate of drug-likeness (QED) is 0.890. The van der Waals surface area contributed by atoms with Gasteiger partial charge >= 0.3 is 0 Å². The Morgan fingerprint density at radius 2 is 2.37 bits per heavy atom. The van der Waals surface area contributed by atoms with Crippen LogP contribution in [0.1, 0.15) is 24.8 Å². The Morgan fingerprint density at radius 3 is 3.05 bits per heavy atom. The van der Waals surface area contributed by atoms with Crippen LogP contribution in [0.5, 0.6) is 0 Å². The summed E-state index contributed by atoms with van der Waals surface area (Å²) in [5.41, 5.74) is 1.01. The van der Waals surface area contributed by atoms with Crippen LogP contribution in [0.4, 0.5) is 5.82 Å². The summed E-state index contributed by atoms with van der Waals surface area (Å²) in [6, 6.07) is 3.86. The van der Waals surface area contributed by atoms with Crippen molar-refractivity contribution in [3.8, 4) is 0 Å². The molecular formula is C14H21N3O2. The lowest BCUT2D eigenvalue weighted by Gasteiger charge is -2.22. The number of rotatable bonds is 4. The Bertz CT molecular complexity index is 428. The van der Waals surface area contributed by atoms with Crippen LogP contribution in [0.25, 0.3) is 0 Å². The molecule has 0 spiro atoms. The van der Waals surface area contributed by atoms with Crippen LogP contribution in [0, 0.1) is 0 Å². The number of hydrogen-bond acceptors (Lipinski definition) is 4. The molecule has 1 aromatic rings. The number of nitrogens with one attached hydrogen (secondary N) is 1. The fraction of sp³-hybridized carbons (Fsp3) is 0.571. The van der Waals surface area contributed by atoms with Gasteiger partial charge in [-0.2, -0.15) is 0 Å². The van der Waals surface area contributed by atoms with Gasteiger partial charge in [0.15, 0.2) is 0 Å². The van der Waals surface area contributed by atoms with E-state index < -0.39 is 0 Å². The lowest BCUT2D eigenvalue weighted by Crippen LogP contribution is -2.38. The summed E-state index contributed by atoms with van der Waals surface area (Å²) >= 11 is 0. The first-order valence-electron chi connectivity index (χ1n) is 6.69. The van der Waals surface area contributed by atoms with Crippen molar-refractivity contribution in [1.82, 2.24) is 10.3 Å². The molecule has 2 rings (SSSR count). The molecule has 5 nitrogen and oxygen atoms in total. The van der Waals surface area contributed by atoms with Gasteiger partial charge in [-0.3, -0.25) is 4.79 Å². The first-order valence-corrected chi connectivity index (χ1v) is 6.69. The lowest BCUT2D eigenvalue weighted by molar-refractivity contribution is -0.135. The Hall–Kier alpha value is -1.62. The van der Waals surface area contributed by atoms with E-state index in [0.717, 1.165) is 30.6 Å². The molecule has 1 amide bonds. The molecule has 0 radical (unpaired) electrons. The maximum absolute atomic E-state index is 12.0. The summed E-state index contributed by atoms with van der Waals surface area (Å²) in [4.78, 5) is 18.2. The number of pyridine rings is 1. The van der Waals surface area contributed by atoms with Gasteiger partial charge in [0.05, 0.1) is 0 Å². The Morgan fingerprint density at radius 1 is 1.53 bits per heavy atom. The van der Waals surface area contributed by atoms with Gasteiger partial charge in [0.25, 0.3) is 0 Å². The highest BCUT2D eigenvalue weighted by Gasteiger charge is 2.21. The number of aromatic nitrogens is 1. The first-order chi connectivity index (χ1) is 9.18. The number of nitrogens with zero attached hydrogens (tertiary/aromatic N) is 2. The maximum atomic E-state index is 12.0. The molecule has 0 unspecified atom stereocenters. The van der Waals surface area contributed by atoms with E-state index in [9.17, 15) is 4.79 Å². The molecule has 1 saturated heterocycles. The number of carbonyl (C=O) groups is 1. The van der Waals surface area contributed by atoms with Gasteiger partial charge in [-0.05, 0) is 25.3 Å². The third kappa shape index (κ3) is 3.67. The second kappa shape index (κ2) is 6.52. The highest BCUT2D eigenvalue weighted by molar-refractivity contribution is 5.80. The minimum atomic E-state index is -0.284. The summed E-state index contributed by atoms with van der Waals surface area (Å²) in [5, 5.41) is 2.93. The molecule has 104 valence electrons. The van der Waals surface area contributed by atoms with Crippen molar-refractivity contribution in [2.45, 2.75) is 31.9 Å². The molecular weight excluding hydrogens is 242 g/mol. The maximum Gasteiger partial charge on any atom is 0.249 e. The van der Waals surface area contributed by atoms with E-state index in [1.807, 2.05) is 31.1 Å². The molecule has 0 saturated carbocycles. The number of carbonyl (C=O) groups excluding carboxylic acids is 1. The first kappa shape index (κ1) is 13.8. The number of amides is 1. The standard InChI is InChI=1S/C14H21N3O2/c1-17(2)13-11(6-5-8-15-13)10-16-14(18)12-7-3-4-9-19-12/h5-6,8,12H,3-4,7,9-10H2,1-2H3,(H,16,18)/t12-/m0/s1. The zero-order valence-electron chi connectivity index (χ0n) is 11.6. The van der Waals surface area contributed by atoms with E-state index in [-0.39, 0.29) is 12.0 Å².